The Labute approximate surface area is 128 Å². The summed E-state index contributed by atoms with van der Waals surface area (Å²) in [6, 6.07) is -0.308. The Morgan fingerprint density at radius 3 is 2.33 bits per heavy atom. The number of aliphatic carboxylic acids is 1. The van der Waals surface area contributed by atoms with Crippen LogP contribution in [-0.4, -0.2) is 23.0 Å². The molecule has 0 aromatic carbocycles. The van der Waals surface area contributed by atoms with E-state index >= 15 is 0 Å². The molecule has 1 saturated carbocycles. The van der Waals surface area contributed by atoms with Crippen LogP contribution in [0, 0.1) is 11.3 Å². The average Bonchev–Trinajstić information content (AvgIpc) is 2.37. The topological polar surface area (TPSA) is 66.4 Å². The van der Waals surface area contributed by atoms with Crippen LogP contribution in [-0.2, 0) is 9.59 Å². The number of amides is 1. The second-order valence-electron chi connectivity index (χ2n) is 7.48. The number of carbonyl (C=O) groups is 2. The first kappa shape index (κ1) is 18.0. The van der Waals surface area contributed by atoms with E-state index in [4.69, 9.17) is 5.11 Å². The zero-order valence-electron chi connectivity index (χ0n) is 13.8. The second-order valence-corrected chi connectivity index (χ2v) is 7.48. The third kappa shape index (κ3) is 7.49. The van der Waals surface area contributed by atoms with Crippen molar-refractivity contribution in [3.8, 4) is 0 Å². The van der Waals surface area contributed by atoms with Gasteiger partial charge in [-0.05, 0) is 24.2 Å². The van der Waals surface area contributed by atoms with Crippen molar-refractivity contribution in [1.29, 1.82) is 0 Å². The molecular weight excluding hydrogens is 266 g/mol. The molecule has 1 unspecified atom stereocenters. The van der Waals surface area contributed by atoms with Gasteiger partial charge in [-0.1, -0.05) is 52.9 Å². The zero-order chi connectivity index (χ0) is 15.9. The van der Waals surface area contributed by atoms with Crippen LogP contribution in [0.25, 0.3) is 0 Å². The molecule has 1 aliphatic carbocycles. The molecule has 1 amide bonds. The standard InChI is InChI=1S/C17H31NO3/c1-17(2,3)14(12-16(20)21)18-15(19)11-7-10-13-8-5-4-6-9-13/h13-14H,4-12H2,1-3H3,(H,18,19)(H,20,21). The van der Waals surface area contributed by atoms with Crippen molar-refractivity contribution in [2.75, 3.05) is 0 Å². The number of carbonyl (C=O) groups excluding carboxylic acids is 1. The summed E-state index contributed by atoms with van der Waals surface area (Å²) >= 11 is 0. The van der Waals surface area contributed by atoms with Gasteiger partial charge in [0, 0.05) is 12.5 Å². The van der Waals surface area contributed by atoms with Crippen molar-refractivity contribution < 1.29 is 14.7 Å². The molecule has 1 atom stereocenters. The summed E-state index contributed by atoms with van der Waals surface area (Å²) in [5.41, 5.74) is -0.239. The molecule has 2 N–H and O–H groups in total. The molecule has 1 aliphatic rings. The lowest BCUT2D eigenvalue weighted by atomic mass is 9.84. The maximum absolute atomic E-state index is 12.0. The van der Waals surface area contributed by atoms with Crippen molar-refractivity contribution in [2.24, 2.45) is 11.3 Å². The smallest absolute Gasteiger partial charge is 0.305 e. The highest BCUT2D eigenvalue weighted by Gasteiger charge is 2.28. The van der Waals surface area contributed by atoms with E-state index in [0.29, 0.717) is 6.42 Å². The van der Waals surface area contributed by atoms with Gasteiger partial charge < -0.3 is 10.4 Å². The molecular formula is C17H31NO3. The van der Waals surface area contributed by atoms with Crippen molar-refractivity contribution >= 4 is 11.9 Å². The van der Waals surface area contributed by atoms with Gasteiger partial charge in [-0.3, -0.25) is 9.59 Å². The summed E-state index contributed by atoms with van der Waals surface area (Å²) < 4.78 is 0. The van der Waals surface area contributed by atoms with Crippen LogP contribution in [0.5, 0.6) is 0 Å². The van der Waals surface area contributed by atoms with Crippen LogP contribution >= 0.6 is 0 Å². The van der Waals surface area contributed by atoms with Crippen LogP contribution in [0.2, 0.25) is 0 Å². The van der Waals surface area contributed by atoms with Gasteiger partial charge in [0.2, 0.25) is 5.91 Å². The van der Waals surface area contributed by atoms with E-state index in [9.17, 15) is 9.59 Å². The molecule has 21 heavy (non-hydrogen) atoms. The lowest BCUT2D eigenvalue weighted by Crippen LogP contribution is -2.45. The summed E-state index contributed by atoms with van der Waals surface area (Å²) in [7, 11) is 0. The molecule has 0 aliphatic heterocycles. The number of rotatable bonds is 7. The summed E-state index contributed by atoms with van der Waals surface area (Å²) in [4.78, 5) is 22.9. The number of carboxylic acid groups (broad SMARTS) is 1. The minimum atomic E-state index is -0.863. The van der Waals surface area contributed by atoms with Crippen LogP contribution in [0.3, 0.4) is 0 Å². The third-order valence-corrected chi connectivity index (χ3v) is 4.50. The Morgan fingerprint density at radius 2 is 1.81 bits per heavy atom. The Morgan fingerprint density at radius 1 is 1.19 bits per heavy atom. The lowest BCUT2D eigenvalue weighted by molar-refractivity contribution is -0.138. The predicted molar refractivity (Wildman–Crippen MR) is 84.1 cm³/mol. The molecule has 122 valence electrons. The maximum Gasteiger partial charge on any atom is 0.305 e. The zero-order valence-corrected chi connectivity index (χ0v) is 13.8. The molecule has 0 spiro atoms. The first-order valence-corrected chi connectivity index (χ1v) is 8.30. The Balaban J connectivity index is 2.30. The van der Waals surface area contributed by atoms with E-state index in [1.54, 1.807) is 0 Å². The minimum Gasteiger partial charge on any atom is -0.481 e. The van der Waals surface area contributed by atoms with Crippen LogP contribution in [0.15, 0.2) is 0 Å². The van der Waals surface area contributed by atoms with E-state index in [1.807, 2.05) is 20.8 Å². The van der Waals surface area contributed by atoms with Crippen molar-refractivity contribution in [2.45, 2.75) is 84.6 Å². The fourth-order valence-electron chi connectivity index (χ4n) is 3.04. The molecule has 0 bridgehead atoms. The molecule has 0 heterocycles. The number of nitrogens with one attached hydrogen (secondary N) is 1. The first-order valence-electron chi connectivity index (χ1n) is 8.30. The fraction of sp³-hybridized carbons (Fsp3) is 0.882. The van der Waals surface area contributed by atoms with Crippen LogP contribution < -0.4 is 5.32 Å². The summed E-state index contributed by atoms with van der Waals surface area (Å²) in [5.74, 6) is -0.0756. The van der Waals surface area contributed by atoms with Gasteiger partial charge in [0.25, 0.3) is 0 Å². The quantitative estimate of drug-likeness (QED) is 0.752. The van der Waals surface area contributed by atoms with Crippen molar-refractivity contribution in [3.63, 3.8) is 0 Å². The Kier molecular flexibility index (Phi) is 7.20. The van der Waals surface area contributed by atoms with E-state index in [1.165, 1.54) is 32.1 Å². The van der Waals surface area contributed by atoms with Crippen molar-refractivity contribution in [3.05, 3.63) is 0 Å². The monoisotopic (exact) mass is 297 g/mol. The highest BCUT2D eigenvalue weighted by Crippen LogP contribution is 2.28. The molecule has 0 aromatic rings. The average molecular weight is 297 g/mol. The fourth-order valence-corrected chi connectivity index (χ4v) is 3.04. The summed E-state index contributed by atoms with van der Waals surface area (Å²) in [5, 5.41) is 11.9. The van der Waals surface area contributed by atoms with Crippen LogP contribution in [0.1, 0.15) is 78.6 Å². The van der Waals surface area contributed by atoms with E-state index in [-0.39, 0.29) is 23.8 Å². The second kappa shape index (κ2) is 8.40. The normalized spacial score (nSPS) is 18.2. The first-order chi connectivity index (χ1) is 9.79. The van der Waals surface area contributed by atoms with Gasteiger partial charge in [0.1, 0.15) is 0 Å². The Hall–Kier alpha value is -1.06. The van der Waals surface area contributed by atoms with Gasteiger partial charge >= 0.3 is 5.97 Å². The predicted octanol–water partition coefficient (Wildman–Crippen LogP) is 3.74. The SMILES string of the molecule is CC(C)(C)C(CC(=O)O)NC(=O)CCCC1CCCCC1. The largest absolute Gasteiger partial charge is 0.481 e. The molecule has 1 rings (SSSR count). The molecule has 0 radical (unpaired) electrons. The van der Waals surface area contributed by atoms with E-state index in [0.717, 1.165) is 18.8 Å². The maximum atomic E-state index is 12.0. The van der Waals surface area contributed by atoms with Crippen LogP contribution in [0.4, 0.5) is 0 Å². The Bertz CT molecular complexity index is 340. The third-order valence-electron chi connectivity index (χ3n) is 4.50. The highest BCUT2D eigenvalue weighted by atomic mass is 16.4. The van der Waals surface area contributed by atoms with E-state index in [2.05, 4.69) is 5.32 Å². The number of hydrogen-bond acceptors (Lipinski definition) is 2. The lowest BCUT2D eigenvalue weighted by Gasteiger charge is -2.30. The summed E-state index contributed by atoms with van der Waals surface area (Å²) in [6.45, 7) is 5.88. The number of carboxylic acids is 1. The minimum absolute atomic E-state index is 0.00742. The van der Waals surface area contributed by atoms with Gasteiger partial charge in [-0.15, -0.1) is 0 Å². The molecule has 0 saturated heterocycles. The van der Waals surface area contributed by atoms with Gasteiger partial charge in [0.05, 0.1) is 6.42 Å². The van der Waals surface area contributed by atoms with Gasteiger partial charge in [0.15, 0.2) is 0 Å². The molecule has 0 aromatic heterocycles. The van der Waals surface area contributed by atoms with Gasteiger partial charge in [-0.2, -0.15) is 0 Å². The highest BCUT2D eigenvalue weighted by molar-refractivity contribution is 5.77. The number of hydrogen-bond donors (Lipinski definition) is 2. The van der Waals surface area contributed by atoms with E-state index < -0.39 is 5.97 Å². The molecule has 4 nitrogen and oxygen atoms in total. The van der Waals surface area contributed by atoms with Gasteiger partial charge in [-0.25, -0.2) is 0 Å². The van der Waals surface area contributed by atoms with Crippen molar-refractivity contribution in [1.82, 2.24) is 5.32 Å². The molecule has 1 fully saturated rings. The summed E-state index contributed by atoms with van der Waals surface area (Å²) in [6.07, 6.45) is 9.20. The molecule has 4 heteroatoms.